The van der Waals surface area contributed by atoms with Crippen LogP contribution in [0.3, 0.4) is 0 Å². The molecule has 2 aromatic carbocycles. The number of hydrogen-bond donors (Lipinski definition) is 0. The van der Waals surface area contributed by atoms with Gasteiger partial charge in [-0.15, -0.1) is 0 Å². The summed E-state index contributed by atoms with van der Waals surface area (Å²) in [6.07, 6.45) is 0.968. The first-order valence-electron chi connectivity index (χ1n) is 8.89. The highest BCUT2D eigenvalue weighted by molar-refractivity contribution is 7.99. The SMILES string of the molecule is COc1ccccc1OCC(=O)N1CCS[C@@H](c2ccccc2C)CC1. The lowest BCUT2D eigenvalue weighted by Crippen LogP contribution is -2.36. The van der Waals surface area contributed by atoms with Gasteiger partial charge in [0.1, 0.15) is 0 Å². The molecule has 0 N–H and O–H groups in total. The number of carbonyl (C=O) groups excluding carboxylic acids is 1. The maximum absolute atomic E-state index is 12.6. The number of methoxy groups -OCH3 is 1. The maximum Gasteiger partial charge on any atom is 0.260 e. The lowest BCUT2D eigenvalue weighted by Gasteiger charge is -2.21. The van der Waals surface area contributed by atoms with Gasteiger partial charge in [0.15, 0.2) is 18.1 Å². The second-order valence-electron chi connectivity index (χ2n) is 6.33. The van der Waals surface area contributed by atoms with E-state index in [0.717, 1.165) is 25.3 Å². The van der Waals surface area contributed by atoms with E-state index in [9.17, 15) is 4.79 Å². The minimum Gasteiger partial charge on any atom is -0.493 e. The predicted octanol–water partition coefficient (Wildman–Crippen LogP) is 4.09. The van der Waals surface area contributed by atoms with E-state index in [2.05, 4.69) is 31.2 Å². The molecule has 0 bridgehead atoms. The van der Waals surface area contributed by atoms with Gasteiger partial charge in [-0.1, -0.05) is 36.4 Å². The third kappa shape index (κ3) is 4.52. The van der Waals surface area contributed by atoms with Crippen LogP contribution in [0.5, 0.6) is 11.5 Å². The van der Waals surface area contributed by atoms with Crippen molar-refractivity contribution in [1.29, 1.82) is 0 Å². The van der Waals surface area contributed by atoms with Crippen LogP contribution in [0.2, 0.25) is 0 Å². The summed E-state index contributed by atoms with van der Waals surface area (Å²) in [6, 6.07) is 15.9. The zero-order valence-corrected chi connectivity index (χ0v) is 16.1. The van der Waals surface area contributed by atoms with Gasteiger partial charge in [0.05, 0.1) is 7.11 Å². The van der Waals surface area contributed by atoms with E-state index in [1.54, 1.807) is 7.11 Å². The van der Waals surface area contributed by atoms with E-state index in [0.29, 0.717) is 16.7 Å². The number of ether oxygens (including phenoxy) is 2. The smallest absolute Gasteiger partial charge is 0.260 e. The summed E-state index contributed by atoms with van der Waals surface area (Å²) in [5.74, 6) is 2.22. The van der Waals surface area contributed by atoms with Gasteiger partial charge in [0.2, 0.25) is 0 Å². The third-order valence-electron chi connectivity index (χ3n) is 4.65. The molecule has 1 heterocycles. The van der Waals surface area contributed by atoms with Gasteiger partial charge in [-0.05, 0) is 36.6 Å². The molecule has 26 heavy (non-hydrogen) atoms. The fourth-order valence-corrected chi connectivity index (χ4v) is 4.51. The molecular formula is C21H25NO3S. The Balaban J connectivity index is 1.57. The highest BCUT2D eigenvalue weighted by atomic mass is 32.2. The highest BCUT2D eigenvalue weighted by Gasteiger charge is 2.23. The highest BCUT2D eigenvalue weighted by Crippen LogP contribution is 2.36. The van der Waals surface area contributed by atoms with Crippen molar-refractivity contribution in [3.05, 3.63) is 59.7 Å². The number of hydrogen-bond acceptors (Lipinski definition) is 4. The Labute approximate surface area is 159 Å². The molecule has 1 aliphatic rings. The second kappa shape index (κ2) is 8.99. The van der Waals surface area contributed by atoms with E-state index in [1.165, 1.54) is 11.1 Å². The van der Waals surface area contributed by atoms with Crippen LogP contribution in [-0.4, -0.2) is 43.4 Å². The molecule has 1 atom stereocenters. The molecule has 0 radical (unpaired) electrons. The summed E-state index contributed by atoms with van der Waals surface area (Å²) in [4.78, 5) is 14.5. The Kier molecular flexibility index (Phi) is 6.45. The van der Waals surface area contributed by atoms with Gasteiger partial charge in [0.25, 0.3) is 5.91 Å². The fraction of sp³-hybridized carbons (Fsp3) is 0.381. The van der Waals surface area contributed by atoms with E-state index in [-0.39, 0.29) is 12.5 Å². The minimum absolute atomic E-state index is 0.0296. The zero-order chi connectivity index (χ0) is 18.4. The predicted molar refractivity (Wildman–Crippen MR) is 106 cm³/mol. The number of carbonyl (C=O) groups is 1. The summed E-state index contributed by atoms with van der Waals surface area (Å²) in [7, 11) is 1.60. The number of rotatable bonds is 5. The number of aryl methyl sites for hydroxylation is 1. The second-order valence-corrected chi connectivity index (χ2v) is 7.64. The lowest BCUT2D eigenvalue weighted by molar-refractivity contribution is -0.133. The Morgan fingerprint density at radius 3 is 2.62 bits per heavy atom. The molecule has 0 aliphatic carbocycles. The van der Waals surface area contributed by atoms with Crippen molar-refractivity contribution in [2.24, 2.45) is 0 Å². The van der Waals surface area contributed by atoms with E-state index in [4.69, 9.17) is 9.47 Å². The van der Waals surface area contributed by atoms with E-state index in [1.807, 2.05) is 40.9 Å². The number of thioether (sulfide) groups is 1. The van der Waals surface area contributed by atoms with Crippen molar-refractivity contribution in [3.63, 3.8) is 0 Å². The van der Waals surface area contributed by atoms with Crippen molar-refractivity contribution in [1.82, 2.24) is 4.90 Å². The largest absolute Gasteiger partial charge is 0.493 e. The number of nitrogens with zero attached hydrogens (tertiary/aromatic N) is 1. The summed E-state index contributed by atoms with van der Waals surface area (Å²) < 4.78 is 11.0. The average Bonchev–Trinajstić information content (AvgIpc) is 2.93. The van der Waals surface area contributed by atoms with Gasteiger partial charge in [-0.2, -0.15) is 11.8 Å². The molecular weight excluding hydrogens is 346 g/mol. The molecule has 0 spiro atoms. The van der Waals surface area contributed by atoms with Crippen LogP contribution in [0, 0.1) is 6.92 Å². The first-order valence-corrected chi connectivity index (χ1v) is 9.94. The molecule has 138 valence electrons. The van der Waals surface area contributed by atoms with Crippen LogP contribution in [0.4, 0.5) is 0 Å². The van der Waals surface area contributed by atoms with Gasteiger partial charge in [-0.3, -0.25) is 4.79 Å². The molecule has 1 fully saturated rings. The Morgan fingerprint density at radius 2 is 1.85 bits per heavy atom. The van der Waals surface area contributed by atoms with Gasteiger partial charge >= 0.3 is 0 Å². The average molecular weight is 372 g/mol. The Bertz CT molecular complexity index is 750. The normalized spacial score (nSPS) is 17.5. The van der Waals surface area contributed by atoms with Crippen LogP contribution in [-0.2, 0) is 4.79 Å². The molecule has 1 aliphatic heterocycles. The fourth-order valence-electron chi connectivity index (χ4n) is 3.18. The third-order valence-corrected chi connectivity index (χ3v) is 5.96. The topological polar surface area (TPSA) is 38.8 Å². The van der Waals surface area contributed by atoms with Gasteiger partial charge < -0.3 is 14.4 Å². The summed E-state index contributed by atoms with van der Waals surface area (Å²) in [5.41, 5.74) is 2.71. The summed E-state index contributed by atoms with van der Waals surface area (Å²) in [5, 5.41) is 0.448. The van der Waals surface area contributed by atoms with Crippen LogP contribution in [0.1, 0.15) is 22.8 Å². The number of para-hydroxylation sites is 2. The Morgan fingerprint density at radius 1 is 1.12 bits per heavy atom. The van der Waals surface area contributed by atoms with Gasteiger partial charge in [-0.25, -0.2) is 0 Å². The van der Waals surface area contributed by atoms with Crippen LogP contribution in [0.25, 0.3) is 0 Å². The summed E-state index contributed by atoms with van der Waals surface area (Å²) in [6.45, 7) is 3.73. The van der Waals surface area contributed by atoms with Gasteiger partial charge in [0, 0.05) is 24.1 Å². The lowest BCUT2D eigenvalue weighted by atomic mass is 10.0. The maximum atomic E-state index is 12.6. The van der Waals surface area contributed by atoms with Crippen molar-refractivity contribution in [2.45, 2.75) is 18.6 Å². The molecule has 5 heteroatoms. The molecule has 1 amide bonds. The first-order chi connectivity index (χ1) is 12.7. The zero-order valence-electron chi connectivity index (χ0n) is 15.3. The quantitative estimate of drug-likeness (QED) is 0.794. The first kappa shape index (κ1) is 18.6. The monoisotopic (exact) mass is 371 g/mol. The molecule has 3 rings (SSSR count). The standard InChI is InChI=1S/C21H25NO3S/c1-16-7-3-4-8-17(16)20-11-12-22(13-14-26-20)21(23)15-25-19-10-6-5-9-18(19)24-2/h3-10,20H,11-15H2,1-2H3/t20-/m1/s1. The molecule has 1 saturated heterocycles. The molecule has 0 saturated carbocycles. The van der Waals surface area contributed by atoms with E-state index < -0.39 is 0 Å². The van der Waals surface area contributed by atoms with Crippen molar-refractivity contribution >= 4 is 17.7 Å². The molecule has 0 aromatic heterocycles. The van der Waals surface area contributed by atoms with Crippen LogP contribution >= 0.6 is 11.8 Å². The van der Waals surface area contributed by atoms with Crippen molar-refractivity contribution < 1.29 is 14.3 Å². The van der Waals surface area contributed by atoms with Crippen molar-refractivity contribution in [2.75, 3.05) is 32.6 Å². The Hall–Kier alpha value is -2.14. The number of benzene rings is 2. The molecule has 2 aromatic rings. The minimum atomic E-state index is 0.0296. The van der Waals surface area contributed by atoms with Crippen molar-refractivity contribution in [3.8, 4) is 11.5 Å². The molecule has 0 unspecified atom stereocenters. The van der Waals surface area contributed by atoms with Crippen LogP contribution in [0.15, 0.2) is 48.5 Å². The van der Waals surface area contributed by atoms with Crippen LogP contribution < -0.4 is 9.47 Å². The number of amides is 1. The molecule has 4 nitrogen and oxygen atoms in total. The summed E-state index contributed by atoms with van der Waals surface area (Å²) >= 11 is 1.94. The van der Waals surface area contributed by atoms with E-state index >= 15 is 0 Å².